The molecule has 0 spiro atoms. The lowest BCUT2D eigenvalue weighted by Crippen LogP contribution is -2.27. The Morgan fingerprint density at radius 2 is 2.00 bits per heavy atom. The number of fused-ring (bicyclic) bond motifs is 1. The summed E-state index contributed by atoms with van der Waals surface area (Å²) in [6.07, 6.45) is 0.943. The standard InChI is InChI=1S/C13H18BrNO/c1-7-8(2)16-9(3)10-5-13(4,6-14)12(15)11(7)10/h11,15H,5-6H2,1-4H3. The largest absolute Gasteiger partial charge is 0.467 e. The van der Waals surface area contributed by atoms with Crippen LogP contribution in [0.4, 0.5) is 0 Å². The molecule has 2 nitrogen and oxygen atoms in total. The van der Waals surface area contributed by atoms with Crippen LogP contribution < -0.4 is 0 Å². The first kappa shape index (κ1) is 11.9. The summed E-state index contributed by atoms with van der Waals surface area (Å²) in [6.45, 7) is 8.25. The van der Waals surface area contributed by atoms with Crippen LogP contribution in [-0.2, 0) is 4.74 Å². The topological polar surface area (TPSA) is 33.1 Å². The summed E-state index contributed by atoms with van der Waals surface area (Å²) in [5, 5.41) is 9.23. The molecule has 0 radical (unpaired) electrons. The fourth-order valence-electron chi connectivity index (χ4n) is 2.64. The summed E-state index contributed by atoms with van der Waals surface area (Å²) in [6, 6.07) is 0. The van der Waals surface area contributed by atoms with Crippen molar-refractivity contribution in [2.75, 3.05) is 5.33 Å². The van der Waals surface area contributed by atoms with Gasteiger partial charge >= 0.3 is 0 Å². The third-order valence-corrected chi connectivity index (χ3v) is 5.15. The number of rotatable bonds is 1. The molecule has 16 heavy (non-hydrogen) atoms. The zero-order valence-electron chi connectivity index (χ0n) is 10.3. The third kappa shape index (κ3) is 1.48. The van der Waals surface area contributed by atoms with Gasteiger partial charge in [0, 0.05) is 22.4 Å². The van der Waals surface area contributed by atoms with Crippen molar-refractivity contribution in [3.05, 3.63) is 22.7 Å². The molecule has 0 aromatic carbocycles. The van der Waals surface area contributed by atoms with Gasteiger partial charge in [0.25, 0.3) is 0 Å². The monoisotopic (exact) mass is 283 g/mol. The van der Waals surface area contributed by atoms with Gasteiger partial charge in [-0.1, -0.05) is 22.9 Å². The summed E-state index contributed by atoms with van der Waals surface area (Å²) >= 11 is 3.54. The minimum absolute atomic E-state index is 0.0451. The van der Waals surface area contributed by atoms with Gasteiger partial charge in [0.15, 0.2) is 0 Å². The van der Waals surface area contributed by atoms with E-state index in [4.69, 9.17) is 10.1 Å². The molecule has 2 rings (SSSR count). The van der Waals surface area contributed by atoms with Crippen LogP contribution in [0.1, 0.15) is 34.1 Å². The minimum atomic E-state index is -0.0451. The van der Waals surface area contributed by atoms with E-state index in [0.29, 0.717) is 0 Å². The van der Waals surface area contributed by atoms with Crippen LogP contribution >= 0.6 is 15.9 Å². The van der Waals surface area contributed by atoms with Crippen LogP contribution in [0.5, 0.6) is 0 Å². The highest BCUT2D eigenvalue weighted by Gasteiger charge is 2.46. The highest BCUT2D eigenvalue weighted by Crippen LogP contribution is 2.50. The quantitative estimate of drug-likeness (QED) is 0.725. The fourth-order valence-corrected chi connectivity index (χ4v) is 3.14. The van der Waals surface area contributed by atoms with E-state index in [1.807, 2.05) is 13.8 Å². The number of allylic oxidation sites excluding steroid dienone is 4. The molecule has 1 fully saturated rings. The second-order valence-corrected chi connectivity index (χ2v) is 5.70. The average molecular weight is 284 g/mol. The highest BCUT2D eigenvalue weighted by atomic mass is 79.9. The van der Waals surface area contributed by atoms with Crippen LogP contribution in [0.15, 0.2) is 22.7 Å². The summed E-state index contributed by atoms with van der Waals surface area (Å²) in [4.78, 5) is 0. The SMILES string of the molecule is CC1=C(C)C2C(=N)C(C)(CBr)CC2=C(C)O1. The average Bonchev–Trinajstić information content (AvgIpc) is 2.51. The number of ether oxygens (including phenoxy) is 1. The summed E-state index contributed by atoms with van der Waals surface area (Å²) < 4.78 is 5.75. The van der Waals surface area contributed by atoms with E-state index in [0.717, 1.165) is 29.0 Å². The van der Waals surface area contributed by atoms with E-state index < -0.39 is 0 Å². The third-order valence-electron chi connectivity index (χ3n) is 3.91. The first-order valence-electron chi connectivity index (χ1n) is 5.60. The first-order chi connectivity index (χ1) is 7.40. The van der Waals surface area contributed by atoms with E-state index in [2.05, 4.69) is 29.8 Å². The molecule has 1 N–H and O–H groups in total. The molecule has 1 saturated carbocycles. The van der Waals surface area contributed by atoms with Gasteiger partial charge in [0.2, 0.25) is 0 Å². The van der Waals surface area contributed by atoms with Gasteiger partial charge in [0.05, 0.1) is 0 Å². The van der Waals surface area contributed by atoms with Crippen molar-refractivity contribution in [1.82, 2.24) is 0 Å². The van der Waals surface area contributed by atoms with Crippen molar-refractivity contribution in [2.45, 2.75) is 34.1 Å². The lowest BCUT2D eigenvalue weighted by Gasteiger charge is -2.25. The van der Waals surface area contributed by atoms with Crippen molar-refractivity contribution in [1.29, 1.82) is 5.41 Å². The van der Waals surface area contributed by atoms with Gasteiger partial charge in [0.1, 0.15) is 11.5 Å². The van der Waals surface area contributed by atoms with Crippen molar-refractivity contribution in [3.63, 3.8) is 0 Å². The predicted molar refractivity (Wildman–Crippen MR) is 69.9 cm³/mol. The smallest absolute Gasteiger partial charge is 0.101 e. The van der Waals surface area contributed by atoms with Crippen molar-refractivity contribution < 1.29 is 4.74 Å². The minimum Gasteiger partial charge on any atom is -0.467 e. The van der Waals surface area contributed by atoms with Crippen molar-refractivity contribution in [3.8, 4) is 0 Å². The molecule has 0 amide bonds. The number of hydrogen-bond acceptors (Lipinski definition) is 2. The Morgan fingerprint density at radius 1 is 1.38 bits per heavy atom. The second-order valence-electron chi connectivity index (χ2n) is 5.14. The first-order valence-corrected chi connectivity index (χ1v) is 6.72. The predicted octanol–water partition coefficient (Wildman–Crippen LogP) is 4.03. The zero-order chi connectivity index (χ0) is 12.1. The van der Waals surface area contributed by atoms with Crippen LogP contribution in [0.2, 0.25) is 0 Å². The summed E-state index contributed by atoms with van der Waals surface area (Å²) in [5.74, 6) is 2.16. The lowest BCUT2D eigenvalue weighted by atomic mass is 9.85. The Balaban J connectivity index is 2.51. The Kier molecular flexibility index (Phi) is 2.77. The second kappa shape index (κ2) is 3.73. The van der Waals surface area contributed by atoms with Gasteiger partial charge in [-0.2, -0.15) is 0 Å². The Labute approximate surface area is 105 Å². The number of nitrogens with one attached hydrogen (secondary N) is 1. The Bertz CT molecular complexity index is 422. The Hall–Kier alpha value is -0.570. The molecule has 1 heterocycles. The number of alkyl halides is 1. The van der Waals surface area contributed by atoms with E-state index in [-0.39, 0.29) is 11.3 Å². The van der Waals surface area contributed by atoms with Crippen molar-refractivity contribution >= 4 is 21.6 Å². The van der Waals surface area contributed by atoms with Crippen LogP contribution in [0.3, 0.4) is 0 Å². The van der Waals surface area contributed by atoms with Gasteiger partial charge in [-0.3, -0.25) is 0 Å². The molecule has 0 saturated heterocycles. The molecule has 88 valence electrons. The van der Waals surface area contributed by atoms with Crippen LogP contribution in [-0.4, -0.2) is 11.0 Å². The molecule has 2 unspecified atom stereocenters. The maximum absolute atomic E-state index is 8.38. The molecule has 1 aliphatic heterocycles. The van der Waals surface area contributed by atoms with Gasteiger partial charge < -0.3 is 10.1 Å². The normalized spacial score (nSPS) is 34.3. The molecule has 0 aromatic heterocycles. The zero-order valence-corrected chi connectivity index (χ0v) is 11.9. The van der Waals surface area contributed by atoms with Crippen LogP contribution in [0.25, 0.3) is 0 Å². The van der Waals surface area contributed by atoms with Gasteiger partial charge in [-0.05, 0) is 38.3 Å². The number of hydrogen-bond donors (Lipinski definition) is 1. The molecule has 3 heteroatoms. The Morgan fingerprint density at radius 3 is 2.56 bits per heavy atom. The van der Waals surface area contributed by atoms with Crippen molar-refractivity contribution in [2.24, 2.45) is 11.3 Å². The maximum atomic E-state index is 8.38. The molecule has 2 atom stereocenters. The number of halogens is 1. The van der Waals surface area contributed by atoms with Gasteiger partial charge in [-0.15, -0.1) is 0 Å². The molecule has 1 aliphatic carbocycles. The fraction of sp³-hybridized carbons (Fsp3) is 0.615. The van der Waals surface area contributed by atoms with E-state index >= 15 is 0 Å². The lowest BCUT2D eigenvalue weighted by molar-refractivity contribution is 0.282. The van der Waals surface area contributed by atoms with E-state index in [1.165, 1.54) is 11.1 Å². The summed E-state index contributed by atoms with van der Waals surface area (Å²) in [5.41, 5.74) is 3.29. The highest BCUT2D eigenvalue weighted by molar-refractivity contribution is 9.09. The van der Waals surface area contributed by atoms with Crippen LogP contribution in [0, 0.1) is 16.7 Å². The molecule has 0 aromatic rings. The van der Waals surface area contributed by atoms with E-state index in [9.17, 15) is 0 Å². The molecular formula is C13H18BrNO. The summed E-state index contributed by atoms with van der Waals surface area (Å²) in [7, 11) is 0. The molecule has 0 bridgehead atoms. The maximum Gasteiger partial charge on any atom is 0.101 e. The van der Waals surface area contributed by atoms with E-state index in [1.54, 1.807) is 0 Å². The molecular weight excluding hydrogens is 266 g/mol. The van der Waals surface area contributed by atoms with Gasteiger partial charge in [-0.25, -0.2) is 0 Å². The molecule has 2 aliphatic rings.